The van der Waals surface area contributed by atoms with Gasteiger partial charge in [0, 0.05) is 16.5 Å². The van der Waals surface area contributed by atoms with Crippen molar-refractivity contribution < 1.29 is 13.9 Å². The number of aromatic nitrogens is 2. The van der Waals surface area contributed by atoms with E-state index in [4.69, 9.17) is 19.0 Å². The first-order valence-corrected chi connectivity index (χ1v) is 11.3. The summed E-state index contributed by atoms with van der Waals surface area (Å²) in [5.41, 5.74) is 4.73. The van der Waals surface area contributed by atoms with Crippen LogP contribution in [0.2, 0.25) is 0 Å². The molecule has 3 aromatic carbocycles. The molecule has 1 aliphatic heterocycles. The smallest absolute Gasteiger partial charge is 0.342 e. The lowest BCUT2D eigenvalue weighted by atomic mass is 9.81. The summed E-state index contributed by atoms with van der Waals surface area (Å²) in [5, 5.41) is 9.24. The summed E-state index contributed by atoms with van der Waals surface area (Å²) in [6.45, 7) is 1.95. The molecule has 0 amide bonds. The van der Waals surface area contributed by atoms with Crippen LogP contribution in [0.3, 0.4) is 0 Å². The first kappa shape index (κ1) is 21.0. The summed E-state index contributed by atoms with van der Waals surface area (Å²) in [6, 6.07) is 23.2. The predicted octanol–water partition coefficient (Wildman–Crippen LogP) is 5.54. The molecule has 0 spiro atoms. The van der Waals surface area contributed by atoms with Crippen molar-refractivity contribution in [3.8, 4) is 17.2 Å². The standard InChI is InChI=1S/C28H23N3O4/c1-16-22-23(19-13-9-15-21(33-2)26(19)34-3)24-25(18-12-7-8-14-20(18)35-28(24)32)29-27(22)31(30-16)17-10-5-4-6-11-17/h4-15,23,29H,1-3H3/t23-/m0/s1. The monoisotopic (exact) mass is 465 g/mol. The third kappa shape index (κ3) is 3.12. The van der Waals surface area contributed by atoms with E-state index in [-0.39, 0.29) is 0 Å². The fraction of sp³-hybridized carbons (Fsp3) is 0.143. The lowest BCUT2D eigenvalue weighted by Gasteiger charge is -2.29. The summed E-state index contributed by atoms with van der Waals surface area (Å²) in [6.07, 6.45) is 0. The quantitative estimate of drug-likeness (QED) is 0.344. The zero-order chi connectivity index (χ0) is 24.1. The molecular formula is C28H23N3O4. The average molecular weight is 466 g/mol. The summed E-state index contributed by atoms with van der Waals surface area (Å²) in [4.78, 5) is 13.5. The summed E-state index contributed by atoms with van der Waals surface area (Å²) in [5.74, 6) is 1.47. The molecule has 0 radical (unpaired) electrons. The maximum absolute atomic E-state index is 13.5. The SMILES string of the molecule is COc1cccc([C@H]2c3c(C)nn(-c4ccccc4)c3Nc3c2c(=O)oc2ccccc32)c1OC. The van der Waals surface area contributed by atoms with Gasteiger partial charge in [-0.1, -0.05) is 42.5 Å². The minimum absolute atomic E-state index is 0.404. The second-order valence-corrected chi connectivity index (χ2v) is 8.41. The minimum Gasteiger partial charge on any atom is -0.493 e. The molecule has 6 rings (SSSR count). The van der Waals surface area contributed by atoms with Crippen LogP contribution in [0.25, 0.3) is 16.7 Å². The van der Waals surface area contributed by atoms with Crippen molar-refractivity contribution in [2.24, 2.45) is 0 Å². The van der Waals surface area contributed by atoms with Crippen molar-refractivity contribution in [1.29, 1.82) is 0 Å². The van der Waals surface area contributed by atoms with Gasteiger partial charge < -0.3 is 19.2 Å². The van der Waals surface area contributed by atoms with Gasteiger partial charge in [-0.2, -0.15) is 5.10 Å². The number of para-hydroxylation sites is 3. The van der Waals surface area contributed by atoms with Crippen LogP contribution in [0.4, 0.5) is 11.5 Å². The molecule has 0 unspecified atom stereocenters. The van der Waals surface area contributed by atoms with Gasteiger partial charge in [0.2, 0.25) is 0 Å². The second-order valence-electron chi connectivity index (χ2n) is 8.41. The largest absolute Gasteiger partial charge is 0.493 e. The molecule has 1 aliphatic rings. The van der Waals surface area contributed by atoms with E-state index >= 15 is 0 Å². The maximum atomic E-state index is 13.5. The van der Waals surface area contributed by atoms with E-state index in [2.05, 4.69) is 5.32 Å². The maximum Gasteiger partial charge on any atom is 0.342 e. The van der Waals surface area contributed by atoms with E-state index < -0.39 is 11.5 Å². The summed E-state index contributed by atoms with van der Waals surface area (Å²) >= 11 is 0. The molecule has 7 heteroatoms. The van der Waals surface area contributed by atoms with Crippen molar-refractivity contribution in [2.45, 2.75) is 12.8 Å². The molecule has 0 saturated heterocycles. The molecule has 1 N–H and O–H groups in total. The number of nitrogens with one attached hydrogen (secondary N) is 1. The Balaban J connectivity index is 1.73. The average Bonchev–Trinajstić information content (AvgIpc) is 3.23. The summed E-state index contributed by atoms with van der Waals surface area (Å²) < 4.78 is 19.1. The van der Waals surface area contributed by atoms with E-state index in [1.54, 1.807) is 20.3 Å². The van der Waals surface area contributed by atoms with Crippen molar-refractivity contribution in [2.75, 3.05) is 19.5 Å². The van der Waals surface area contributed by atoms with Crippen molar-refractivity contribution in [3.05, 3.63) is 106 Å². The Morgan fingerprint density at radius 2 is 1.69 bits per heavy atom. The van der Waals surface area contributed by atoms with Crippen LogP contribution in [0, 0.1) is 6.92 Å². The highest BCUT2D eigenvalue weighted by molar-refractivity contribution is 5.96. The fourth-order valence-corrected chi connectivity index (χ4v) is 5.04. The molecule has 3 heterocycles. The number of methoxy groups -OCH3 is 2. The molecule has 1 atom stereocenters. The number of nitrogens with zero attached hydrogens (tertiary/aromatic N) is 2. The van der Waals surface area contributed by atoms with Crippen LogP contribution >= 0.6 is 0 Å². The molecule has 7 nitrogen and oxygen atoms in total. The third-order valence-corrected chi connectivity index (χ3v) is 6.52. The van der Waals surface area contributed by atoms with Gasteiger partial charge in [-0.15, -0.1) is 0 Å². The lowest BCUT2D eigenvalue weighted by Crippen LogP contribution is -2.23. The number of hydrogen-bond acceptors (Lipinski definition) is 6. The highest BCUT2D eigenvalue weighted by Crippen LogP contribution is 2.50. The number of anilines is 2. The van der Waals surface area contributed by atoms with Gasteiger partial charge in [-0.3, -0.25) is 0 Å². The van der Waals surface area contributed by atoms with Gasteiger partial charge >= 0.3 is 5.63 Å². The Bertz CT molecular complexity index is 1640. The highest BCUT2D eigenvalue weighted by atomic mass is 16.5. The molecule has 0 fully saturated rings. The van der Waals surface area contributed by atoms with Crippen LogP contribution in [0.1, 0.15) is 28.3 Å². The molecule has 0 aliphatic carbocycles. The van der Waals surface area contributed by atoms with E-state index in [9.17, 15) is 4.79 Å². The zero-order valence-corrected chi connectivity index (χ0v) is 19.5. The van der Waals surface area contributed by atoms with Gasteiger partial charge in [0.1, 0.15) is 11.4 Å². The van der Waals surface area contributed by atoms with Crippen molar-refractivity contribution in [3.63, 3.8) is 0 Å². The van der Waals surface area contributed by atoms with E-state index in [0.29, 0.717) is 28.3 Å². The number of benzene rings is 3. The normalized spacial score (nSPS) is 14.2. The topological polar surface area (TPSA) is 78.5 Å². The zero-order valence-electron chi connectivity index (χ0n) is 19.5. The number of aryl methyl sites for hydroxylation is 1. The molecule has 174 valence electrons. The lowest BCUT2D eigenvalue weighted by molar-refractivity contribution is 0.351. The van der Waals surface area contributed by atoms with Crippen LogP contribution in [0.5, 0.6) is 11.5 Å². The van der Waals surface area contributed by atoms with Gasteiger partial charge in [-0.05, 0) is 37.3 Å². The Morgan fingerprint density at radius 1 is 0.914 bits per heavy atom. The number of hydrogen-bond donors (Lipinski definition) is 1. The fourth-order valence-electron chi connectivity index (χ4n) is 5.04. The molecule has 5 aromatic rings. The van der Waals surface area contributed by atoms with Gasteiger partial charge in [0.05, 0.1) is 42.8 Å². The predicted molar refractivity (Wildman–Crippen MR) is 135 cm³/mol. The molecule has 2 aromatic heterocycles. The third-order valence-electron chi connectivity index (χ3n) is 6.52. The Morgan fingerprint density at radius 3 is 2.46 bits per heavy atom. The van der Waals surface area contributed by atoms with E-state index in [1.165, 1.54) is 0 Å². The van der Waals surface area contributed by atoms with E-state index in [1.807, 2.05) is 78.3 Å². The first-order chi connectivity index (χ1) is 17.1. The van der Waals surface area contributed by atoms with E-state index in [0.717, 1.165) is 33.7 Å². The Labute approximate surface area is 201 Å². The number of ether oxygens (including phenoxy) is 2. The molecular weight excluding hydrogens is 442 g/mol. The molecule has 35 heavy (non-hydrogen) atoms. The van der Waals surface area contributed by atoms with Gasteiger partial charge in [-0.25, -0.2) is 9.48 Å². The highest BCUT2D eigenvalue weighted by Gasteiger charge is 2.38. The summed E-state index contributed by atoms with van der Waals surface area (Å²) in [7, 11) is 3.21. The molecule has 0 saturated carbocycles. The Kier molecular flexibility index (Phi) is 4.84. The van der Waals surface area contributed by atoms with Crippen molar-refractivity contribution >= 4 is 22.5 Å². The number of rotatable bonds is 4. The van der Waals surface area contributed by atoms with Crippen LogP contribution in [-0.2, 0) is 0 Å². The minimum atomic E-state index is -0.482. The van der Waals surface area contributed by atoms with Crippen LogP contribution < -0.4 is 20.4 Å². The second kappa shape index (κ2) is 8.06. The van der Waals surface area contributed by atoms with Gasteiger partial charge in [0.15, 0.2) is 11.5 Å². The van der Waals surface area contributed by atoms with Gasteiger partial charge in [0.25, 0.3) is 0 Å². The number of fused-ring (bicyclic) bond motifs is 4. The van der Waals surface area contributed by atoms with Crippen LogP contribution in [0.15, 0.2) is 82.0 Å². The van der Waals surface area contributed by atoms with Crippen LogP contribution in [-0.4, -0.2) is 24.0 Å². The van der Waals surface area contributed by atoms with Crippen molar-refractivity contribution in [1.82, 2.24) is 9.78 Å². The molecule has 0 bridgehead atoms. The Hall–Kier alpha value is -4.52. The first-order valence-electron chi connectivity index (χ1n) is 11.3.